The smallest absolute Gasteiger partial charge is 0.325 e. The first kappa shape index (κ1) is 24.0. The SMILES string of the molecule is COC(=O)[C@@H]1[C@@H](c2cccs2)N(CCc2c[nH]c3ccccc23)[C@H]2c3cc(OC)c(OC)cc3CCN21. The number of methoxy groups -OCH3 is 3. The molecular formula is C29H31N3O4S. The maximum Gasteiger partial charge on any atom is 0.325 e. The van der Waals surface area contributed by atoms with E-state index in [0.29, 0.717) is 5.75 Å². The molecule has 192 valence electrons. The monoisotopic (exact) mass is 517 g/mol. The number of aromatic amines is 1. The fraction of sp³-hybridized carbons (Fsp3) is 0.345. The standard InChI is InChI=1S/C29H31N3O4S/c1-34-23-15-18-10-12-32-27(29(33)36-3)26(25-9-6-14-37-25)31(28(32)21(18)16-24(23)35-2)13-11-19-17-30-22-8-5-4-7-20(19)22/h4-9,14-17,26-28,30H,10-13H2,1-3H3/t26-,27+,28-/m1/s1. The zero-order valence-corrected chi connectivity index (χ0v) is 22.1. The van der Waals surface area contributed by atoms with Gasteiger partial charge in [-0.1, -0.05) is 24.3 Å². The normalized spacial score (nSPS) is 21.5. The summed E-state index contributed by atoms with van der Waals surface area (Å²) in [4.78, 5) is 22.7. The van der Waals surface area contributed by atoms with Crippen molar-refractivity contribution in [2.45, 2.75) is 31.1 Å². The minimum atomic E-state index is -0.391. The number of nitrogens with zero attached hydrogens (tertiary/aromatic N) is 2. The fourth-order valence-electron chi connectivity index (χ4n) is 6.13. The molecule has 4 heterocycles. The number of esters is 1. The van der Waals surface area contributed by atoms with Gasteiger partial charge in [0, 0.05) is 35.1 Å². The largest absolute Gasteiger partial charge is 0.493 e. The highest BCUT2D eigenvalue weighted by Gasteiger charge is 2.53. The summed E-state index contributed by atoms with van der Waals surface area (Å²) in [6, 6.07) is 16.3. The number of hydrogen-bond acceptors (Lipinski definition) is 7. The summed E-state index contributed by atoms with van der Waals surface area (Å²) in [6.45, 7) is 1.55. The number of thiophene rings is 1. The lowest BCUT2D eigenvalue weighted by molar-refractivity contribution is -0.147. The van der Waals surface area contributed by atoms with Crippen molar-refractivity contribution >= 4 is 28.2 Å². The number of carbonyl (C=O) groups excluding carboxylic acids is 1. The highest BCUT2D eigenvalue weighted by Crippen LogP contribution is 2.51. The zero-order valence-electron chi connectivity index (χ0n) is 21.3. The van der Waals surface area contributed by atoms with Crippen LogP contribution in [-0.4, -0.2) is 61.2 Å². The van der Waals surface area contributed by atoms with Gasteiger partial charge in [0.05, 0.1) is 33.5 Å². The number of fused-ring (bicyclic) bond motifs is 4. The highest BCUT2D eigenvalue weighted by molar-refractivity contribution is 7.10. The molecule has 0 bridgehead atoms. The van der Waals surface area contributed by atoms with Crippen LogP contribution in [0, 0.1) is 0 Å². The van der Waals surface area contributed by atoms with Crippen molar-refractivity contribution in [1.82, 2.24) is 14.8 Å². The number of rotatable bonds is 7. The van der Waals surface area contributed by atoms with E-state index in [0.717, 1.165) is 42.8 Å². The number of benzene rings is 2. The van der Waals surface area contributed by atoms with E-state index < -0.39 is 6.04 Å². The maximum atomic E-state index is 13.3. The molecule has 6 rings (SSSR count). The summed E-state index contributed by atoms with van der Waals surface area (Å²) in [5, 5.41) is 3.33. The van der Waals surface area contributed by atoms with E-state index in [9.17, 15) is 4.79 Å². The van der Waals surface area contributed by atoms with Gasteiger partial charge in [-0.25, -0.2) is 0 Å². The Hall–Kier alpha value is -3.33. The summed E-state index contributed by atoms with van der Waals surface area (Å²) < 4.78 is 16.7. The van der Waals surface area contributed by atoms with E-state index in [1.165, 1.54) is 28.5 Å². The molecule has 1 saturated heterocycles. The Morgan fingerprint density at radius 3 is 2.65 bits per heavy atom. The molecule has 3 atom stereocenters. The van der Waals surface area contributed by atoms with Crippen LogP contribution < -0.4 is 9.47 Å². The van der Waals surface area contributed by atoms with Gasteiger partial charge in [0.15, 0.2) is 11.5 Å². The van der Waals surface area contributed by atoms with Crippen LogP contribution in [0.3, 0.4) is 0 Å². The lowest BCUT2D eigenvalue weighted by Gasteiger charge is -2.37. The van der Waals surface area contributed by atoms with Crippen molar-refractivity contribution in [1.29, 1.82) is 0 Å². The summed E-state index contributed by atoms with van der Waals surface area (Å²) in [6.07, 6.45) is 3.71. The van der Waals surface area contributed by atoms with Crippen LogP contribution in [0.4, 0.5) is 0 Å². The predicted molar refractivity (Wildman–Crippen MR) is 144 cm³/mol. The van der Waals surface area contributed by atoms with Gasteiger partial charge in [0.25, 0.3) is 0 Å². The molecule has 8 heteroatoms. The Kier molecular flexibility index (Phi) is 6.40. The number of aromatic nitrogens is 1. The average Bonchev–Trinajstić information content (AvgIpc) is 3.68. The zero-order chi connectivity index (χ0) is 25.5. The molecule has 0 aliphatic carbocycles. The van der Waals surface area contributed by atoms with Crippen molar-refractivity contribution in [3.05, 3.63) is 81.7 Å². The van der Waals surface area contributed by atoms with Crippen molar-refractivity contribution in [3.63, 3.8) is 0 Å². The molecule has 2 aromatic carbocycles. The minimum Gasteiger partial charge on any atom is -0.493 e. The quantitative estimate of drug-likeness (QED) is 0.350. The van der Waals surface area contributed by atoms with Gasteiger partial charge < -0.3 is 19.2 Å². The molecular weight excluding hydrogens is 486 g/mol. The third kappa shape index (κ3) is 4.00. The van der Waals surface area contributed by atoms with Gasteiger partial charge in [-0.2, -0.15) is 0 Å². The number of hydrogen-bond donors (Lipinski definition) is 1. The summed E-state index contributed by atoms with van der Waals surface area (Å²) in [5.41, 5.74) is 4.81. The fourth-order valence-corrected chi connectivity index (χ4v) is 7.01. The van der Waals surface area contributed by atoms with Gasteiger partial charge in [0.1, 0.15) is 6.04 Å². The number of H-pyrrole nitrogens is 1. The van der Waals surface area contributed by atoms with E-state index in [1.54, 1.807) is 25.6 Å². The molecule has 2 aliphatic heterocycles. The second-order valence-electron chi connectivity index (χ2n) is 9.54. The second kappa shape index (κ2) is 9.85. The molecule has 0 radical (unpaired) electrons. The van der Waals surface area contributed by atoms with Gasteiger partial charge in [-0.15, -0.1) is 11.3 Å². The van der Waals surface area contributed by atoms with E-state index in [1.807, 2.05) is 0 Å². The lowest BCUT2D eigenvalue weighted by Crippen LogP contribution is -2.43. The summed E-state index contributed by atoms with van der Waals surface area (Å²) in [5.74, 6) is 1.24. The Balaban J connectivity index is 1.46. The van der Waals surface area contributed by atoms with Gasteiger partial charge in [-0.05, 0) is 59.2 Å². The second-order valence-corrected chi connectivity index (χ2v) is 10.5. The number of ether oxygens (including phenoxy) is 3. The molecule has 2 aliphatic rings. The number of carbonyl (C=O) groups is 1. The molecule has 37 heavy (non-hydrogen) atoms. The molecule has 1 fully saturated rings. The van der Waals surface area contributed by atoms with E-state index in [2.05, 4.69) is 74.9 Å². The van der Waals surface area contributed by atoms with Crippen LogP contribution in [0.15, 0.2) is 60.1 Å². The van der Waals surface area contributed by atoms with Crippen molar-refractivity contribution in [2.24, 2.45) is 0 Å². The molecule has 0 saturated carbocycles. The van der Waals surface area contributed by atoms with Crippen molar-refractivity contribution in [2.75, 3.05) is 34.4 Å². The summed E-state index contributed by atoms with van der Waals surface area (Å²) >= 11 is 1.69. The Bertz CT molecular complexity index is 1420. The third-order valence-electron chi connectivity index (χ3n) is 7.80. The first-order valence-corrected chi connectivity index (χ1v) is 13.4. The van der Waals surface area contributed by atoms with Crippen LogP contribution in [0.5, 0.6) is 11.5 Å². The predicted octanol–water partition coefficient (Wildman–Crippen LogP) is 4.94. The van der Waals surface area contributed by atoms with Gasteiger partial charge in [-0.3, -0.25) is 14.6 Å². The van der Waals surface area contributed by atoms with Crippen molar-refractivity contribution < 1.29 is 19.0 Å². The van der Waals surface area contributed by atoms with Crippen LogP contribution >= 0.6 is 11.3 Å². The highest BCUT2D eigenvalue weighted by atomic mass is 32.1. The van der Waals surface area contributed by atoms with Gasteiger partial charge in [0.2, 0.25) is 0 Å². The topological polar surface area (TPSA) is 67.0 Å². The molecule has 2 aromatic heterocycles. The van der Waals surface area contributed by atoms with Gasteiger partial charge >= 0.3 is 5.97 Å². The molecule has 4 aromatic rings. The third-order valence-corrected chi connectivity index (χ3v) is 8.74. The molecule has 0 unspecified atom stereocenters. The van der Waals surface area contributed by atoms with E-state index in [4.69, 9.17) is 14.2 Å². The molecule has 0 amide bonds. The summed E-state index contributed by atoms with van der Waals surface area (Å²) in [7, 11) is 4.83. The van der Waals surface area contributed by atoms with Crippen LogP contribution in [0.1, 0.15) is 33.8 Å². The Labute approximate surface area is 220 Å². The minimum absolute atomic E-state index is 0.0787. The van der Waals surface area contributed by atoms with Crippen LogP contribution in [0.2, 0.25) is 0 Å². The van der Waals surface area contributed by atoms with Crippen LogP contribution in [-0.2, 0) is 22.4 Å². The number of nitrogens with one attached hydrogen (secondary N) is 1. The van der Waals surface area contributed by atoms with Crippen molar-refractivity contribution in [3.8, 4) is 11.5 Å². The first-order chi connectivity index (χ1) is 18.1. The molecule has 1 N–H and O–H groups in total. The first-order valence-electron chi connectivity index (χ1n) is 12.6. The molecule has 7 nitrogen and oxygen atoms in total. The molecule has 0 spiro atoms. The van der Waals surface area contributed by atoms with Crippen LogP contribution in [0.25, 0.3) is 10.9 Å². The van der Waals surface area contributed by atoms with E-state index in [-0.39, 0.29) is 18.2 Å². The average molecular weight is 518 g/mol. The lowest BCUT2D eigenvalue weighted by atomic mass is 9.95. The number of para-hydroxylation sites is 1. The van der Waals surface area contributed by atoms with E-state index >= 15 is 0 Å². The Morgan fingerprint density at radius 1 is 1.08 bits per heavy atom. The maximum absolute atomic E-state index is 13.3. The Morgan fingerprint density at radius 2 is 1.89 bits per heavy atom.